The van der Waals surface area contributed by atoms with Crippen molar-refractivity contribution >= 4 is 19.7 Å². The molecular weight excluding hydrogens is 1000 g/mol. The summed E-state index contributed by atoms with van der Waals surface area (Å²) < 4.78 is 30.8. The van der Waals surface area contributed by atoms with Crippen LogP contribution in [-0.4, -0.2) is 74.3 Å². The number of nitrogens with zero attached hydrogens (tertiary/aromatic N) is 1. The van der Waals surface area contributed by atoms with Gasteiger partial charge in [0.25, 0.3) is 0 Å². The van der Waals surface area contributed by atoms with Crippen molar-refractivity contribution in [2.24, 2.45) is 0 Å². The van der Waals surface area contributed by atoms with Gasteiger partial charge in [-0.15, -0.1) is 0 Å². The molecule has 0 aromatic carbocycles. The Hall–Kier alpha value is -1.77. The van der Waals surface area contributed by atoms with Crippen molar-refractivity contribution in [3.8, 4) is 0 Å². The van der Waals surface area contributed by atoms with Crippen molar-refractivity contribution in [1.29, 1.82) is 0 Å². The number of quaternary nitrogens is 1. The first-order valence-corrected chi connectivity index (χ1v) is 35.8. The van der Waals surface area contributed by atoms with Gasteiger partial charge in [0.1, 0.15) is 19.3 Å². The van der Waals surface area contributed by atoms with E-state index >= 15 is 0 Å². The standard InChI is InChI=1S/C69H133N2O7P/c1-7-10-13-16-19-22-25-28-30-32-34-35-37-38-40-43-46-49-52-55-58-61-68(72)70-66(65-77-79(74,75)76-64-63-71(4,5)6)67(60-57-54-51-48-45-42-27-24-21-18-15-12-9-3)78-69(73)62-59-56-53-50-47-44-41-39-36-33-31-29-26-23-20-17-14-11-8-2/h28-31,57,60,66-67H,7-27,32-56,58-59,61-65H2,1-6H3,(H-,70,72,74,75)/p+1/b30-28+,31-29+,60-57+. The molecule has 0 aliphatic heterocycles. The maximum Gasteiger partial charge on any atom is 0.472 e. The summed E-state index contributed by atoms with van der Waals surface area (Å²) in [5.41, 5.74) is 0. The lowest BCUT2D eigenvalue weighted by molar-refractivity contribution is -0.870. The lowest BCUT2D eigenvalue weighted by atomic mass is 10.0. The summed E-state index contributed by atoms with van der Waals surface area (Å²) in [7, 11) is 1.51. The second kappa shape index (κ2) is 59.4. The minimum Gasteiger partial charge on any atom is -0.456 e. The van der Waals surface area contributed by atoms with Crippen molar-refractivity contribution in [2.45, 2.75) is 354 Å². The Morgan fingerprint density at radius 1 is 0.430 bits per heavy atom. The maximum atomic E-state index is 13.6. The number of likely N-dealkylation sites (N-methyl/N-ethyl adjacent to an activating group) is 1. The third kappa shape index (κ3) is 60.6. The molecule has 0 heterocycles. The van der Waals surface area contributed by atoms with Crippen LogP contribution in [0.4, 0.5) is 0 Å². The predicted octanol–water partition coefficient (Wildman–Crippen LogP) is 21.5. The van der Waals surface area contributed by atoms with Crippen LogP contribution in [0.15, 0.2) is 36.5 Å². The molecule has 0 aromatic rings. The molecule has 9 nitrogen and oxygen atoms in total. The highest BCUT2D eigenvalue weighted by Crippen LogP contribution is 2.43. The second-order valence-corrected chi connectivity index (χ2v) is 26.1. The minimum absolute atomic E-state index is 0.0420. The molecule has 0 radical (unpaired) electrons. The van der Waals surface area contributed by atoms with Gasteiger partial charge in [-0.1, -0.05) is 282 Å². The van der Waals surface area contributed by atoms with Gasteiger partial charge in [-0.25, -0.2) is 4.57 Å². The van der Waals surface area contributed by atoms with Crippen molar-refractivity contribution in [3.63, 3.8) is 0 Å². The summed E-state index contributed by atoms with van der Waals surface area (Å²) >= 11 is 0. The van der Waals surface area contributed by atoms with Crippen LogP contribution in [-0.2, 0) is 27.9 Å². The van der Waals surface area contributed by atoms with Crippen molar-refractivity contribution in [1.82, 2.24) is 5.32 Å². The number of esters is 1. The van der Waals surface area contributed by atoms with Crippen LogP contribution in [0.2, 0.25) is 0 Å². The zero-order valence-electron chi connectivity index (χ0n) is 53.4. The molecule has 466 valence electrons. The summed E-state index contributed by atoms with van der Waals surface area (Å²) in [4.78, 5) is 37.9. The number of phosphoric acid groups is 1. The predicted molar refractivity (Wildman–Crippen MR) is 342 cm³/mol. The zero-order chi connectivity index (χ0) is 57.9. The fourth-order valence-electron chi connectivity index (χ4n) is 10.2. The first-order valence-electron chi connectivity index (χ1n) is 34.3. The van der Waals surface area contributed by atoms with Crippen LogP contribution in [0.1, 0.15) is 342 Å². The summed E-state index contributed by atoms with van der Waals surface area (Å²) in [6.45, 7) is 7.06. The van der Waals surface area contributed by atoms with E-state index in [1.165, 1.54) is 250 Å². The van der Waals surface area contributed by atoms with Crippen LogP contribution in [0.25, 0.3) is 0 Å². The SMILES string of the molecule is CCCCCCCC/C=C/CCCCCCCCCCCCCC(=O)NC(COP(=O)(O)OCC[N+](C)(C)C)C(/C=C/CCCCCCCCCCCCC)OC(=O)CCCCCCCCCCC/C=C/CCCCCCCC. The molecule has 0 aromatic heterocycles. The molecule has 0 rings (SSSR count). The maximum absolute atomic E-state index is 13.6. The number of nitrogens with one attached hydrogen (secondary N) is 1. The highest BCUT2D eigenvalue weighted by atomic mass is 31.2. The Kier molecular flexibility index (Phi) is 58.1. The van der Waals surface area contributed by atoms with Gasteiger partial charge in [0.05, 0.1) is 33.8 Å². The average molecular weight is 1130 g/mol. The smallest absolute Gasteiger partial charge is 0.456 e. The molecule has 0 fully saturated rings. The van der Waals surface area contributed by atoms with E-state index in [0.717, 1.165) is 57.8 Å². The van der Waals surface area contributed by atoms with Crippen LogP contribution in [0.3, 0.4) is 0 Å². The monoisotopic (exact) mass is 1130 g/mol. The number of rotatable bonds is 63. The van der Waals surface area contributed by atoms with Gasteiger partial charge in [0, 0.05) is 12.8 Å². The summed E-state index contributed by atoms with van der Waals surface area (Å²) in [6, 6.07) is -0.847. The van der Waals surface area contributed by atoms with Gasteiger partial charge in [-0.2, -0.15) is 0 Å². The number of carbonyl (C=O) groups is 2. The Balaban J connectivity index is 5.16. The number of ether oxygens (including phenoxy) is 1. The van der Waals surface area contributed by atoms with E-state index in [1.54, 1.807) is 0 Å². The first-order chi connectivity index (χ1) is 38.4. The van der Waals surface area contributed by atoms with Gasteiger partial charge in [-0.3, -0.25) is 18.6 Å². The minimum atomic E-state index is -4.45. The van der Waals surface area contributed by atoms with Crippen molar-refractivity contribution in [2.75, 3.05) is 40.9 Å². The van der Waals surface area contributed by atoms with E-state index in [1.807, 2.05) is 33.3 Å². The molecular formula is C69H134N2O7P+. The van der Waals surface area contributed by atoms with E-state index in [2.05, 4.69) is 50.4 Å². The van der Waals surface area contributed by atoms with Gasteiger partial charge >= 0.3 is 13.8 Å². The van der Waals surface area contributed by atoms with Crippen LogP contribution >= 0.6 is 7.82 Å². The molecule has 3 unspecified atom stereocenters. The van der Waals surface area contributed by atoms with Crippen LogP contribution in [0.5, 0.6) is 0 Å². The summed E-state index contributed by atoms with van der Waals surface area (Å²) in [6.07, 6.45) is 72.8. The average Bonchev–Trinajstić information content (AvgIpc) is 3.41. The van der Waals surface area contributed by atoms with E-state index in [4.69, 9.17) is 13.8 Å². The molecule has 2 N–H and O–H groups in total. The van der Waals surface area contributed by atoms with Gasteiger partial charge in [-0.05, 0) is 83.1 Å². The molecule has 10 heteroatoms. The Morgan fingerprint density at radius 2 is 0.734 bits per heavy atom. The molecule has 0 bridgehead atoms. The molecule has 3 atom stereocenters. The van der Waals surface area contributed by atoms with E-state index in [0.29, 0.717) is 23.9 Å². The number of phosphoric ester groups is 1. The topological polar surface area (TPSA) is 111 Å². The van der Waals surface area contributed by atoms with Gasteiger partial charge < -0.3 is 19.4 Å². The number of allylic oxidation sites excluding steroid dienone is 5. The summed E-state index contributed by atoms with van der Waals surface area (Å²) in [5, 5.41) is 3.07. The fourth-order valence-corrected chi connectivity index (χ4v) is 11.0. The van der Waals surface area contributed by atoms with Crippen LogP contribution in [0, 0.1) is 0 Å². The second-order valence-electron chi connectivity index (χ2n) is 24.7. The number of hydrogen-bond donors (Lipinski definition) is 2. The van der Waals surface area contributed by atoms with Crippen molar-refractivity contribution < 1.29 is 37.3 Å². The number of carbonyl (C=O) groups excluding carboxylic acids is 2. The van der Waals surface area contributed by atoms with Gasteiger partial charge in [0.2, 0.25) is 5.91 Å². The molecule has 0 aliphatic rings. The number of amides is 1. The zero-order valence-corrected chi connectivity index (χ0v) is 54.3. The Labute approximate surface area is 491 Å². The molecule has 0 saturated heterocycles. The highest BCUT2D eigenvalue weighted by Gasteiger charge is 2.30. The lowest BCUT2D eigenvalue weighted by Crippen LogP contribution is -2.47. The van der Waals surface area contributed by atoms with Gasteiger partial charge in [0.15, 0.2) is 0 Å². The third-order valence-corrected chi connectivity index (χ3v) is 16.5. The number of unbranched alkanes of at least 4 members (excludes halogenated alkanes) is 43. The Bertz CT molecular complexity index is 1450. The van der Waals surface area contributed by atoms with E-state index < -0.39 is 20.0 Å². The molecule has 1 amide bonds. The van der Waals surface area contributed by atoms with E-state index in [9.17, 15) is 19.0 Å². The highest BCUT2D eigenvalue weighted by molar-refractivity contribution is 7.47. The molecule has 79 heavy (non-hydrogen) atoms. The number of hydrogen-bond acceptors (Lipinski definition) is 6. The summed E-state index contributed by atoms with van der Waals surface area (Å²) in [5.74, 6) is -0.492. The Morgan fingerprint density at radius 3 is 1.08 bits per heavy atom. The largest absolute Gasteiger partial charge is 0.472 e. The van der Waals surface area contributed by atoms with E-state index in [-0.39, 0.29) is 25.1 Å². The third-order valence-electron chi connectivity index (χ3n) is 15.6. The molecule has 0 spiro atoms. The van der Waals surface area contributed by atoms with Crippen molar-refractivity contribution in [3.05, 3.63) is 36.5 Å². The fraction of sp³-hybridized carbons (Fsp3) is 0.884. The quantitative estimate of drug-likeness (QED) is 0.0205. The normalized spacial score (nSPS) is 13.8. The van der Waals surface area contributed by atoms with Crippen LogP contribution < -0.4 is 5.32 Å². The molecule has 0 aliphatic carbocycles. The lowest BCUT2D eigenvalue weighted by Gasteiger charge is -2.27. The molecule has 0 saturated carbocycles. The first kappa shape index (κ1) is 77.2.